The molecule has 3 heteroatoms. The lowest BCUT2D eigenvalue weighted by Gasteiger charge is -2.03. The fraction of sp³-hybridized carbons (Fsp3) is 0.762. The number of unbranched alkanes of at least 4 members (excludes halogenated alkanes) is 8. The number of hydrogen-bond donors (Lipinski definition) is 0. The Labute approximate surface area is 163 Å². The summed E-state index contributed by atoms with van der Waals surface area (Å²) in [5.74, 6) is -0.0227. The predicted octanol–water partition coefficient (Wildman–Crippen LogP) is 7.17. The largest absolute Gasteiger partial charge is 0.466 e. The summed E-state index contributed by atoms with van der Waals surface area (Å²) in [6.45, 7) is 2.83. The molecule has 0 heterocycles. The van der Waals surface area contributed by atoms with Gasteiger partial charge in [-0.05, 0) is 44.9 Å². The van der Waals surface area contributed by atoms with E-state index in [0.29, 0.717) is 13.0 Å². The Morgan fingerprint density at radius 1 is 0.833 bits per heavy atom. The van der Waals surface area contributed by atoms with Crippen LogP contribution in [0.25, 0.3) is 0 Å². The van der Waals surface area contributed by atoms with Gasteiger partial charge in [0.25, 0.3) is 0 Å². The second-order valence-electron chi connectivity index (χ2n) is 6.24. The summed E-state index contributed by atoms with van der Waals surface area (Å²) in [5, 5.41) is 0. The van der Waals surface area contributed by atoms with Gasteiger partial charge in [0, 0.05) is 10.8 Å². The van der Waals surface area contributed by atoms with Crippen LogP contribution in [0.2, 0.25) is 0 Å². The summed E-state index contributed by atoms with van der Waals surface area (Å²) >= 11 is 2.30. The number of halogens is 1. The normalized spacial score (nSPS) is 11.6. The molecule has 0 aliphatic carbocycles. The van der Waals surface area contributed by atoms with Crippen LogP contribution in [0.4, 0.5) is 0 Å². The first-order valence-electron chi connectivity index (χ1n) is 9.82. The number of hydrogen-bond acceptors (Lipinski definition) is 2. The molecule has 0 radical (unpaired) electrons. The standard InChI is InChI=1S/C21H37IO2/c1-2-3-4-5-6-7-8-9-10-11-12-13-14-15-16-18-21(23)24-20-17-19-22/h6-7,9-10H,2-5,8,11-20H2,1H3/b7-6-,10-9-. The minimum atomic E-state index is -0.0227. The number of rotatable bonds is 17. The van der Waals surface area contributed by atoms with Crippen LogP contribution in [0.15, 0.2) is 24.3 Å². The molecular weight excluding hydrogens is 411 g/mol. The van der Waals surface area contributed by atoms with Gasteiger partial charge in [-0.25, -0.2) is 0 Å². The van der Waals surface area contributed by atoms with Crippen LogP contribution in [0.1, 0.15) is 90.4 Å². The van der Waals surface area contributed by atoms with Crippen LogP contribution in [0, 0.1) is 0 Å². The third kappa shape index (κ3) is 19.7. The van der Waals surface area contributed by atoms with Crippen molar-refractivity contribution in [1.29, 1.82) is 0 Å². The Hall–Kier alpha value is -0.320. The number of carbonyl (C=O) groups excluding carboxylic acids is 1. The zero-order valence-electron chi connectivity index (χ0n) is 15.6. The van der Waals surface area contributed by atoms with E-state index in [0.717, 1.165) is 30.1 Å². The molecule has 0 rings (SSSR count). The Kier molecular flexibility index (Phi) is 20.4. The van der Waals surface area contributed by atoms with Crippen molar-refractivity contribution < 1.29 is 9.53 Å². The van der Waals surface area contributed by atoms with E-state index in [9.17, 15) is 4.79 Å². The van der Waals surface area contributed by atoms with Crippen molar-refractivity contribution in [1.82, 2.24) is 0 Å². The van der Waals surface area contributed by atoms with Gasteiger partial charge in [-0.2, -0.15) is 0 Å². The van der Waals surface area contributed by atoms with Gasteiger partial charge >= 0.3 is 5.97 Å². The van der Waals surface area contributed by atoms with E-state index in [2.05, 4.69) is 53.8 Å². The second kappa shape index (κ2) is 20.7. The molecule has 0 aliphatic heterocycles. The second-order valence-corrected chi connectivity index (χ2v) is 7.32. The van der Waals surface area contributed by atoms with Crippen molar-refractivity contribution in [3.05, 3.63) is 24.3 Å². The average Bonchev–Trinajstić information content (AvgIpc) is 2.58. The minimum absolute atomic E-state index is 0.0227. The number of allylic oxidation sites excluding steroid dienone is 4. The van der Waals surface area contributed by atoms with Gasteiger partial charge in [0.1, 0.15) is 0 Å². The van der Waals surface area contributed by atoms with E-state index >= 15 is 0 Å². The Balaban J connectivity index is 3.24. The first-order chi connectivity index (χ1) is 11.8. The highest BCUT2D eigenvalue weighted by Crippen LogP contribution is 2.09. The van der Waals surface area contributed by atoms with Gasteiger partial charge < -0.3 is 4.74 Å². The molecule has 0 aromatic carbocycles. The monoisotopic (exact) mass is 448 g/mol. The maximum absolute atomic E-state index is 11.4. The predicted molar refractivity (Wildman–Crippen MR) is 114 cm³/mol. The van der Waals surface area contributed by atoms with Crippen LogP contribution in [0.3, 0.4) is 0 Å². The summed E-state index contributed by atoms with van der Waals surface area (Å²) in [6, 6.07) is 0. The Morgan fingerprint density at radius 2 is 1.46 bits per heavy atom. The third-order valence-electron chi connectivity index (χ3n) is 3.87. The van der Waals surface area contributed by atoms with E-state index < -0.39 is 0 Å². The molecule has 0 aromatic heterocycles. The van der Waals surface area contributed by atoms with Crippen LogP contribution < -0.4 is 0 Å². The fourth-order valence-corrected chi connectivity index (χ4v) is 2.70. The molecule has 0 spiro atoms. The molecule has 0 atom stereocenters. The van der Waals surface area contributed by atoms with Crippen LogP contribution >= 0.6 is 22.6 Å². The SMILES string of the molecule is CCCCC/C=C\C/C=C\CCCCCCCC(=O)OCCCI. The van der Waals surface area contributed by atoms with E-state index in [4.69, 9.17) is 4.74 Å². The highest BCUT2D eigenvalue weighted by molar-refractivity contribution is 14.1. The quantitative estimate of drug-likeness (QED) is 0.0775. The molecule has 0 amide bonds. The van der Waals surface area contributed by atoms with Gasteiger partial charge in [-0.3, -0.25) is 4.79 Å². The molecule has 2 nitrogen and oxygen atoms in total. The van der Waals surface area contributed by atoms with E-state index in [1.54, 1.807) is 0 Å². The van der Waals surface area contributed by atoms with E-state index in [1.807, 2.05) is 0 Å². The van der Waals surface area contributed by atoms with Crippen LogP contribution in [0.5, 0.6) is 0 Å². The van der Waals surface area contributed by atoms with Gasteiger partial charge in [-0.1, -0.05) is 85.9 Å². The lowest BCUT2D eigenvalue weighted by molar-refractivity contribution is -0.143. The zero-order chi connectivity index (χ0) is 17.7. The van der Waals surface area contributed by atoms with Gasteiger partial charge in [0.15, 0.2) is 0 Å². The summed E-state index contributed by atoms with van der Waals surface area (Å²) in [4.78, 5) is 11.4. The molecule has 0 saturated carbocycles. The number of esters is 1. The average molecular weight is 448 g/mol. The number of ether oxygens (including phenoxy) is 1. The molecule has 0 unspecified atom stereocenters. The van der Waals surface area contributed by atoms with E-state index in [-0.39, 0.29) is 5.97 Å². The first-order valence-corrected chi connectivity index (χ1v) is 11.4. The number of carbonyl (C=O) groups is 1. The van der Waals surface area contributed by atoms with Gasteiger partial charge in [-0.15, -0.1) is 0 Å². The number of alkyl halides is 1. The molecular formula is C21H37IO2. The molecule has 0 N–H and O–H groups in total. The lowest BCUT2D eigenvalue weighted by Crippen LogP contribution is -2.05. The first kappa shape index (κ1) is 23.7. The van der Waals surface area contributed by atoms with Crippen LogP contribution in [-0.4, -0.2) is 17.0 Å². The third-order valence-corrected chi connectivity index (χ3v) is 4.64. The summed E-state index contributed by atoms with van der Waals surface area (Å²) in [7, 11) is 0. The summed E-state index contributed by atoms with van der Waals surface area (Å²) in [5.41, 5.74) is 0. The highest BCUT2D eigenvalue weighted by atomic mass is 127. The van der Waals surface area contributed by atoms with Gasteiger partial charge in [0.05, 0.1) is 6.61 Å². The molecule has 140 valence electrons. The molecule has 0 saturated heterocycles. The van der Waals surface area contributed by atoms with Crippen molar-refractivity contribution in [3.8, 4) is 0 Å². The topological polar surface area (TPSA) is 26.3 Å². The zero-order valence-corrected chi connectivity index (χ0v) is 17.8. The van der Waals surface area contributed by atoms with Crippen LogP contribution in [-0.2, 0) is 9.53 Å². The van der Waals surface area contributed by atoms with Crippen molar-refractivity contribution >= 4 is 28.6 Å². The fourth-order valence-electron chi connectivity index (χ4n) is 2.39. The maximum Gasteiger partial charge on any atom is 0.305 e. The van der Waals surface area contributed by atoms with Crippen molar-refractivity contribution in [3.63, 3.8) is 0 Å². The Morgan fingerprint density at radius 3 is 2.12 bits per heavy atom. The minimum Gasteiger partial charge on any atom is -0.466 e. The van der Waals surface area contributed by atoms with Crippen molar-refractivity contribution in [2.75, 3.05) is 11.0 Å². The maximum atomic E-state index is 11.4. The van der Waals surface area contributed by atoms with E-state index in [1.165, 1.54) is 51.4 Å². The van der Waals surface area contributed by atoms with Crippen molar-refractivity contribution in [2.24, 2.45) is 0 Å². The smallest absolute Gasteiger partial charge is 0.305 e. The molecule has 0 bridgehead atoms. The van der Waals surface area contributed by atoms with Gasteiger partial charge in [0.2, 0.25) is 0 Å². The molecule has 24 heavy (non-hydrogen) atoms. The summed E-state index contributed by atoms with van der Waals surface area (Å²) < 4.78 is 6.19. The molecule has 0 fully saturated rings. The molecule has 0 aliphatic rings. The highest BCUT2D eigenvalue weighted by Gasteiger charge is 2.01. The lowest BCUT2D eigenvalue weighted by atomic mass is 10.1. The molecule has 0 aromatic rings. The van der Waals surface area contributed by atoms with Crippen molar-refractivity contribution in [2.45, 2.75) is 90.4 Å². The summed E-state index contributed by atoms with van der Waals surface area (Å²) in [6.07, 6.45) is 24.1. The Bertz CT molecular complexity index is 324.